The van der Waals surface area contributed by atoms with Crippen LogP contribution in [0.1, 0.15) is 22.8 Å². The first-order valence-corrected chi connectivity index (χ1v) is 8.33. The Hall–Kier alpha value is -3.41. The van der Waals surface area contributed by atoms with Crippen LogP contribution in [0.3, 0.4) is 0 Å². The maximum absolute atomic E-state index is 11.5. The number of hydrogen-bond acceptors (Lipinski definition) is 6. The van der Waals surface area contributed by atoms with Crippen molar-refractivity contribution in [1.29, 1.82) is 0 Å². The zero-order valence-electron chi connectivity index (χ0n) is 14.7. The summed E-state index contributed by atoms with van der Waals surface area (Å²) in [6.07, 6.45) is 2.61. The van der Waals surface area contributed by atoms with E-state index in [-0.39, 0.29) is 5.97 Å². The highest BCUT2D eigenvalue weighted by Gasteiger charge is 2.06. The number of nitrogens with zero attached hydrogens (tertiary/aromatic N) is 2. The molecule has 0 saturated heterocycles. The number of ether oxygens (including phenoxy) is 1. The van der Waals surface area contributed by atoms with Crippen LogP contribution >= 0.6 is 0 Å². The molecule has 2 N–H and O–H groups in total. The first-order valence-electron chi connectivity index (χ1n) is 8.33. The monoisotopic (exact) mass is 348 g/mol. The van der Waals surface area contributed by atoms with E-state index in [1.54, 1.807) is 36.5 Å². The predicted molar refractivity (Wildman–Crippen MR) is 102 cm³/mol. The van der Waals surface area contributed by atoms with Crippen molar-refractivity contribution >= 4 is 29.1 Å². The third-order valence-electron chi connectivity index (χ3n) is 3.88. The molecule has 1 aromatic heterocycles. The van der Waals surface area contributed by atoms with Crippen LogP contribution in [0.5, 0.6) is 0 Å². The Labute approximate surface area is 152 Å². The molecule has 0 spiro atoms. The quantitative estimate of drug-likeness (QED) is 0.646. The number of carbonyl (C=O) groups excluding carboxylic acids is 1. The van der Waals surface area contributed by atoms with Crippen molar-refractivity contribution in [3.05, 3.63) is 71.9 Å². The van der Waals surface area contributed by atoms with Gasteiger partial charge in [0, 0.05) is 17.6 Å². The summed E-state index contributed by atoms with van der Waals surface area (Å²) in [5, 5.41) is 6.46. The molecule has 0 aliphatic carbocycles. The largest absolute Gasteiger partial charge is 0.465 e. The van der Waals surface area contributed by atoms with Crippen LogP contribution in [0.4, 0.5) is 23.1 Å². The average Bonchev–Trinajstić information content (AvgIpc) is 2.69. The van der Waals surface area contributed by atoms with Gasteiger partial charge in [-0.2, -0.15) is 4.98 Å². The summed E-state index contributed by atoms with van der Waals surface area (Å²) in [4.78, 5) is 20.2. The van der Waals surface area contributed by atoms with Crippen LogP contribution < -0.4 is 10.6 Å². The number of anilines is 4. The highest BCUT2D eigenvalue weighted by Crippen LogP contribution is 2.21. The van der Waals surface area contributed by atoms with E-state index in [0.717, 1.165) is 17.8 Å². The number of esters is 1. The highest BCUT2D eigenvalue weighted by molar-refractivity contribution is 5.89. The molecular formula is C20H20N4O2. The lowest BCUT2D eigenvalue weighted by Gasteiger charge is -2.11. The van der Waals surface area contributed by atoms with Crippen molar-refractivity contribution in [2.75, 3.05) is 17.7 Å². The molecule has 6 nitrogen and oxygen atoms in total. The van der Waals surface area contributed by atoms with E-state index in [4.69, 9.17) is 4.74 Å². The van der Waals surface area contributed by atoms with Crippen LogP contribution in [-0.2, 0) is 11.2 Å². The van der Waals surface area contributed by atoms with Crippen LogP contribution in [0.2, 0.25) is 0 Å². The van der Waals surface area contributed by atoms with Crippen LogP contribution in [0, 0.1) is 0 Å². The molecule has 0 amide bonds. The number of methoxy groups -OCH3 is 1. The second-order valence-electron chi connectivity index (χ2n) is 5.60. The van der Waals surface area contributed by atoms with E-state index in [0.29, 0.717) is 17.3 Å². The molecule has 0 aliphatic heterocycles. The normalized spacial score (nSPS) is 10.2. The molecule has 26 heavy (non-hydrogen) atoms. The molecule has 0 unspecified atom stereocenters. The van der Waals surface area contributed by atoms with Crippen LogP contribution in [0.15, 0.2) is 60.8 Å². The van der Waals surface area contributed by atoms with E-state index in [2.05, 4.69) is 33.6 Å². The average molecular weight is 348 g/mol. The van der Waals surface area contributed by atoms with Gasteiger partial charge in [-0.3, -0.25) is 0 Å². The standard InChI is InChI=1S/C20H20N4O2/c1-3-14-6-4-5-7-17(14)23-20-21-13-12-18(24-20)22-16-10-8-15(9-11-16)19(25)26-2/h4-13H,3H2,1-2H3,(H2,21,22,23,24). The van der Waals surface area contributed by atoms with Crippen molar-refractivity contribution in [3.8, 4) is 0 Å². The summed E-state index contributed by atoms with van der Waals surface area (Å²) in [6.45, 7) is 2.11. The van der Waals surface area contributed by atoms with Crippen molar-refractivity contribution in [2.24, 2.45) is 0 Å². The molecule has 1 heterocycles. The Morgan fingerprint density at radius 3 is 2.54 bits per heavy atom. The summed E-state index contributed by atoms with van der Waals surface area (Å²) < 4.78 is 4.70. The number of aryl methyl sites for hydroxylation is 1. The first kappa shape index (κ1) is 17.4. The van der Waals surface area contributed by atoms with Gasteiger partial charge in [0.2, 0.25) is 5.95 Å². The number of rotatable bonds is 6. The molecule has 0 radical (unpaired) electrons. The number of aromatic nitrogens is 2. The molecule has 0 aliphatic rings. The smallest absolute Gasteiger partial charge is 0.337 e. The van der Waals surface area contributed by atoms with Crippen LogP contribution in [0.25, 0.3) is 0 Å². The van der Waals surface area contributed by atoms with E-state index in [1.165, 1.54) is 12.7 Å². The Kier molecular flexibility index (Phi) is 5.43. The lowest BCUT2D eigenvalue weighted by Crippen LogP contribution is -2.03. The maximum atomic E-state index is 11.5. The van der Waals surface area contributed by atoms with E-state index >= 15 is 0 Å². The summed E-state index contributed by atoms with van der Waals surface area (Å²) in [7, 11) is 1.36. The molecule has 0 saturated carbocycles. The minimum atomic E-state index is -0.361. The number of para-hydroxylation sites is 1. The lowest BCUT2D eigenvalue weighted by atomic mass is 10.1. The predicted octanol–water partition coefficient (Wildman–Crippen LogP) is 4.31. The van der Waals surface area contributed by atoms with Crippen molar-refractivity contribution in [2.45, 2.75) is 13.3 Å². The SMILES string of the molecule is CCc1ccccc1Nc1nccc(Nc2ccc(C(=O)OC)cc2)n1. The van der Waals surface area contributed by atoms with Gasteiger partial charge >= 0.3 is 5.97 Å². The topological polar surface area (TPSA) is 76.1 Å². The highest BCUT2D eigenvalue weighted by atomic mass is 16.5. The van der Waals surface area contributed by atoms with Gasteiger partial charge in [0.05, 0.1) is 12.7 Å². The fraction of sp³-hybridized carbons (Fsp3) is 0.150. The van der Waals surface area contributed by atoms with Gasteiger partial charge in [-0.15, -0.1) is 0 Å². The summed E-state index contributed by atoms with van der Waals surface area (Å²) in [6, 6.07) is 16.9. The van der Waals surface area contributed by atoms with Gasteiger partial charge < -0.3 is 15.4 Å². The summed E-state index contributed by atoms with van der Waals surface area (Å²) in [5.74, 6) is 0.809. The minimum absolute atomic E-state index is 0.361. The molecule has 0 bridgehead atoms. The van der Waals surface area contributed by atoms with Gasteiger partial charge in [-0.1, -0.05) is 25.1 Å². The molecule has 6 heteroatoms. The second kappa shape index (κ2) is 8.11. The van der Waals surface area contributed by atoms with Gasteiger partial charge in [0.25, 0.3) is 0 Å². The zero-order chi connectivity index (χ0) is 18.4. The van der Waals surface area contributed by atoms with Crippen molar-refractivity contribution in [3.63, 3.8) is 0 Å². The number of hydrogen-bond donors (Lipinski definition) is 2. The molecule has 0 fully saturated rings. The minimum Gasteiger partial charge on any atom is -0.465 e. The second-order valence-corrected chi connectivity index (χ2v) is 5.60. The zero-order valence-corrected chi connectivity index (χ0v) is 14.7. The Balaban J connectivity index is 1.74. The number of carbonyl (C=O) groups is 1. The first-order chi connectivity index (χ1) is 12.7. The fourth-order valence-electron chi connectivity index (χ4n) is 2.51. The van der Waals surface area contributed by atoms with E-state index in [9.17, 15) is 4.79 Å². The fourth-order valence-corrected chi connectivity index (χ4v) is 2.51. The molecule has 0 atom stereocenters. The molecule has 3 aromatic rings. The van der Waals surface area contributed by atoms with Gasteiger partial charge in [0.15, 0.2) is 0 Å². The third-order valence-corrected chi connectivity index (χ3v) is 3.88. The lowest BCUT2D eigenvalue weighted by molar-refractivity contribution is 0.0601. The van der Waals surface area contributed by atoms with E-state index < -0.39 is 0 Å². The van der Waals surface area contributed by atoms with Crippen molar-refractivity contribution < 1.29 is 9.53 Å². The van der Waals surface area contributed by atoms with Gasteiger partial charge in [0.1, 0.15) is 5.82 Å². The molecule has 132 valence electrons. The van der Waals surface area contributed by atoms with Crippen LogP contribution in [-0.4, -0.2) is 23.0 Å². The summed E-state index contributed by atoms with van der Waals surface area (Å²) >= 11 is 0. The number of nitrogens with one attached hydrogen (secondary N) is 2. The van der Waals surface area contributed by atoms with Crippen molar-refractivity contribution in [1.82, 2.24) is 9.97 Å². The third kappa shape index (κ3) is 4.16. The Morgan fingerprint density at radius 2 is 1.81 bits per heavy atom. The summed E-state index contributed by atoms with van der Waals surface area (Å²) in [5.41, 5.74) is 3.51. The maximum Gasteiger partial charge on any atom is 0.337 e. The number of benzene rings is 2. The Morgan fingerprint density at radius 1 is 1.04 bits per heavy atom. The molecule has 3 rings (SSSR count). The van der Waals surface area contributed by atoms with Gasteiger partial charge in [-0.05, 0) is 48.4 Å². The Bertz CT molecular complexity index is 894. The van der Waals surface area contributed by atoms with E-state index in [1.807, 2.05) is 18.2 Å². The molecular weight excluding hydrogens is 328 g/mol. The van der Waals surface area contributed by atoms with Gasteiger partial charge in [-0.25, -0.2) is 9.78 Å². The molecule has 2 aromatic carbocycles.